The van der Waals surface area contributed by atoms with Gasteiger partial charge in [-0.3, -0.25) is 0 Å². The Kier molecular flexibility index (Phi) is 6.58. The lowest BCUT2D eigenvalue weighted by Gasteiger charge is -2.25. The zero-order chi connectivity index (χ0) is 19.1. The predicted octanol–water partition coefficient (Wildman–Crippen LogP) is 4.18. The summed E-state index contributed by atoms with van der Waals surface area (Å²) in [4.78, 5) is 14.6. The van der Waals surface area contributed by atoms with E-state index in [1.165, 1.54) is 5.56 Å². The minimum Gasteiger partial charge on any atom is -0.497 e. The van der Waals surface area contributed by atoms with Crippen LogP contribution in [0, 0.1) is 0 Å². The van der Waals surface area contributed by atoms with Crippen LogP contribution in [0.5, 0.6) is 11.5 Å². The number of carbonyl (C=O) groups excluding carboxylic acids is 1. The Hall–Kier alpha value is -2.69. The molecule has 1 saturated heterocycles. The third-order valence-corrected chi connectivity index (χ3v) is 5.15. The molecule has 144 valence electrons. The van der Waals surface area contributed by atoms with Gasteiger partial charge in [-0.2, -0.15) is 0 Å². The van der Waals surface area contributed by atoms with Crippen LogP contribution in [-0.4, -0.2) is 38.2 Å². The van der Waals surface area contributed by atoms with Gasteiger partial charge in [-0.05, 0) is 48.2 Å². The van der Waals surface area contributed by atoms with E-state index in [4.69, 9.17) is 9.47 Å². The number of nitrogens with zero attached hydrogens (tertiary/aromatic N) is 1. The summed E-state index contributed by atoms with van der Waals surface area (Å²) in [7, 11) is 3.32. The Labute approximate surface area is 161 Å². The third-order valence-electron chi connectivity index (χ3n) is 5.15. The van der Waals surface area contributed by atoms with Gasteiger partial charge in [-0.1, -0.05) is 30.7 Å². The number of benzene rings is 2. The molecule has 2 amide bonds. The number of nitrogens with one attached hydrogen (secondary N) is 1. The highest BCUT2D eigenvalue weighted by Gasteiger charge is 2.23. The van der Waals surface area contributed by atoms with Crippen molar-refractivity contribution in [3.63, 3.8) is 0 Å². The number of hydrogen-bond acceptors (Lipinski definition) is 3. The average molecular weight is 368 g/mol. The van der Waals surface area contributed by atoms with Crippen LogP contribution in [-0.2, 0) is 6.54 Å². The molecule has 1 aliphatic rings. The van der Waals surface area contributed by atoms with Crippen LogP contribution in [0.3, 0.4) is 0 Å². The quantitative estimate of drug-likeness (QED) is 0.861. The summed E-state index contributed by atoms with van der Waals surface area (Å²) >= 11 is 0. The van der Waals surface area contributed by atoms with E-state index < -0.39 is 0 Å². The molecule has 1 fully saturated rings. The van der Waals surface area contributed by atoms with E-state index >= 15 is 0 Å². The number of ether oxygens (including phenoxy) is 2. The number of rotatable bonds is 5. The fraction of sp³-hybridized carbons (Fsp3) is 0.409. The van der Waals surface area contributed by atoms with Crippen molar-refractivity contribution >= 4 is 6.03 Å². The normalized spacial score (nSPS) is 17.1. The van der Waals surface area contributed by atoms with E-state index in [0.717, 1.165) is 49.4 Å². The van der Waals surface area contributed by atoms with Crippen LogP contribution < -0.4 is 14.8 Å². The molecule has 0 spiro atoms. The van der Waals surface area contributed by atoms with Crippen molar-refractivity contribution in [2.24, 2.45) is 0 Å². The molecule has 0 unspecified atom stereocenters. The summed E-state index contributed by atoms with van der Waals surface area (Å²) in [5.41, 5.74) is 2.33. The van der Waals surface area contributed by atoms with Crippen molar-refractivity contribution in [1.29, 1.82) is 0 Å². The Balaban J connectivity index is 1.59. The fourth-order valence-corrected chi connectivity index (χ4v) is 3.51. The van der Waals surface area contributed by atoms with Gasteiger partial charge in [-0.25, -0.2) is 4.79 Å². The maximum absolute atomic E-state index is 12.7. The first kappa shape index (κ1) is 19.1. The van der Waals surface area contributed by atoms with Crippen LogP contribution >= 0.6 is 0 Å². The maximum Gasteiger partial charge on any atom is 0.317 e. The molecular formula is C22H28N2O3. The number of urea groups is 1. The van der Waals surface area contributed by atoms with E-state index in [1.54, 1.807) is 14.2 Å². The smallest absolute Gasteiger partial charge is 0.317 e. The topological polar surface area (TPSA) is 50.8 Å². The largest absolute Gasteiger partial charge is 0.497 e. The van der Waals surface area contributed by atoms with Gasteiger partial charge in [0.25, 0.3) is 0 Å². The SMILES string of the molecule is COc1ccc(CNC(=O)N2CCCC[C@@H](c3ccc(OC)cc3)C2)cc1. The molecule has 1 aliphatic heterocycles. The summed E-state index contributed by atoms with van der Waals surface area (Å²) in [6.45, 7) is 2.08. The lowest BCUT2D eigenvalue weighted by molar-refractivity contribution is 0.197. The Bertz CT molecular complexity index is 728. The predicted molar refractivity (Wildman–Crippen MR) is 106 cm³/mol. The second kappa shape index (κ2) is 9.31. The number of methoxy groups -OCH3 is 2. The van der Waals surface area contributed by atoms with E-state index in [-0.39, 0.29) is 6.03 Å². The standard InChI is InChI=1S/C22H28N2O3/c1-26-20-10-6-17(7-11-20)15-23-22(25)24-14-4-3-5-19(16-24)18-8-12-21(27-2)13-9-18/h6-13,19H,3-5,14-16H2,1-2H3,(H,23,25)/t19-/m1/s1. The van der Waals surface area contributed by atoms with Gasteiger partial charge < -0.3 is 19.7 Å². The Morgan fingerprint density at radius 3 is 2.26 bits per heavy atom. The highest BCUT2D eigenvalue weighted by Crippen LogP contribution is 2.28. The molecule has 5 nitrogen and oxygen atoms in total. The number of likely N-dealkylation sites (tertiary alicyclic amines) is 1. The number of hydrogen-bond donors (Lipinski definition) is 1. The minimum absolute atomic E-state index is 0.00577. The van der Waals surface area contributed by atoms with Crippen molar-refractivity contribution in [2.75, 3.05) is 27.3 Å². The molecule has 1 N–H and O–H groups in total. The van der Waals surface area contributed by atoms with Gasteiger partial charge in [0.1, 0.15) is 11.5 Å². The van der Waals surface area contributed by atoms with Crippen LogP contribution in [0.1, 0.15) is 36.3 Å². The average Bonchev–Trinajstić information content (AvgIpc) is 2.99. The molecule has 5 heteroatoms. The molecule has 0 aliphatic carbocycles. The van der Waals surface area contributed by atoms with E-state index in [1.807, 2.05) is 41.3 Å². The molecule has 1 heterocycles. The monoisotopic (exact) mass is 368 g/mol. The van der Waals surface area contributed by atoms with Crippen molar-refractivity contribution < 1.29 is 14.3 Å². The molecule has 3 rings (SSSR count). The maximum atomic E-state index is 12.7. The fourth-order valence-electron chi connectivity index (χ4n) is 3.51. The van der Waals surface area contributed by atoms with Gasteiger partial charge in [-0.15, -0.1) is 0 Å². The number of carbonyl (C=O) groups is 1. The van der Waals surface area contributed by atoms with Crippen molar-refractivity contribution in [3.8, 4) is 11.5 Å². The van der Waals surface area contributed by atoms with Crippen molar-refractivity contribution in [1.82, 2.24) is 10.2 Å². The lowest BCUT2D eigenvalue weighted by Crippen LogP contribution is -2.41. The third kappa shape index (κ3) is 5.16. The van der Waals surface area contributed by atoms with Gasteiger partial charge in [0.05, 0.1) is 14.2 Å². The van der Waals surface area contributed by atoms with E-state index in [2.05, 4.69) is 17.4 Å². The molecule has 2 aromatic carbocycles. The first-order chi connectivity index (χ1) is 13.2. The van der Waals surface area contributed by atoms with Crippen LogP contribution in [0.4, 0.5) is 4.79 Å². The molecule has 0 bridgehead atoms. The summed E-state index contributed by atoms with van der Waals surface area (Å²) in [5, 5.41) is 3.05. The molecule has 0 saturated carbocycles. The summed E-state index contributed by atoms with van der Waals surface area (Å²) in [6.07, 6.45) is 3.29. The van der Waals surface area contributed by atoms with E-state index in [0.29, 0.717) is 12.5 Å². The zero-order valence-corrected chi connectivity index (χ0v) is 16.1. The Morgan fingerprint density at radius 1 is 1.00 bits per heavy atom. The van der Waals surface area contributed by atoms with Crippen LogP contribution in [0.25, 0.3) is 0 Å². The molecule has 2 aromatic rings. The highest BCUT2D eigenvalue weighted by atomic mass is 16.5. The summed E-state index contributed by atoms with van der Waals surface area (Å²) in [5.74, 6) is 2.05. The molecule has 27 heavy (non-hydrogen) atoms. The van der Waals surface area contributed by atoms with Gasteiger partial charge in [0.15, 0.2) is 0 Å². The second-order valence-corrected chi connectivity index (χ2v) is 6.92. The lowest BCUT2D eigenvalue weighted by atomic mass is 9.94. The highest BCUT2D eigenvalue weighted by molar-refractivity contribution is 5.74. The summed E-state index contributed by atoms with van der Waals surface area (Å²) in [6, 6.07) is 16.0. The first-order valence-corrected chi connectivity index (χ1v) is 9.49. The van der Waals surface area contributed by atoms with Gasteiger partial charge in [0, 0.05) is 25.6 Å². The number of amides is 2. The van der Waals surface area contributed by atoms with Crippen LogP contribution in [0.2, 0.25) is 0 Å². The molecule has 1 atom stereocenters. The molecule has 0 radical (unpaired) electrons. The summed E-state index contributed by atoms with van der Waals surface area (Å²) < 4.78 is 10.4. The minimum atomic E-state index is 0.00577. The first-order valence-electron chi connectivity index (χ1n) is 9.49. The van der Waals surface area contributed by atoms with Gasteiger partial charge >= 0.3 is 6.03 Å². The zero-order valence-electron chi connectivity index (χ0n) is 16.1. The Morgan fingerprint density at radius 2 is 1.63 bits per heavy atom. The molecular weight excluding hydrogens is 340 g/mol. The second-order valence-electron chi connectivity index (χ2n) is 6.92. The molecule has 0 aromatic heterocycles. The van der Waals surface area contributed by atoms with Crippen molar-refractivity contribution in [2.45, 2.75) is 31.7 Å². The van der Waals surface area contributed by atoms with Gasteiger partial charge in [0.2, 0.25) is 0 Å². The van der Waals surface area contributed by atoms with Crippen LogP contribution in [0.15, 0.2) is 48.5 Å². The van der Waals surface area contributed by atoms with E-state index in [9.17, 15) is 4.79 Å². The van der Waals surface area contributed by atoms with Crippen molar-refractivity contribution in [3.05, 3.63) is 59.7 Å².